The fraction of sp³-hybridized carbons (Fsp3) is 0.375. The molecule has 1 amide bonds. The number of nitriles is 1. The number of benzene rings is 1. The van der Waals surface area contributed by atoms with E-state index in [1.165, 1.54) is 24.8 Å². The lowest BCUT2D eigenvalue weighted by molar-refractivity contribution is -0.118. The summed E-state index contributed by atoms with van der Waals surface area (Å²) in [6.45, 7) is 0. The fourth-order valence-electron chi connectivity index (χ4n) is 2.36. The lowest BCUT2D eigenvalue weighted by Gasteiger charge is -2.22. The number of halogens is 1. The van der Waals surface area contributed by atoms with Crippen LogP contribution < -0.4 is 10.6 Å². The Morgan fingerprint density at radius 1 is 1.24 bits per heavy atom. The zero-order chi connectivity index (χ0) is 15.1. The molecule has 0 atom stereocenters. The molecular weight excluding hydrogens is 269 g/mol. The highest BCUT2D eigenvalue weighted by Gasteiger charge is 2.17. The molecular formula is C16H18FN3O. The molecule has 0 unspecified atom stereocenters. The van der Waals surface area contributed by atoms with Crippen molar-refractivity contribution in [1.82, 2.24) is 5.32 Å². The molecule has 0 aromatic heterocycles. The van der Waals surface area contributed by atoms with E-state index in [0.29, 0.717) is 5.69 Å². The zero-order valence-electron chi connectivity index (χ0n) is 11.7. The van der Waals surface area contributed by atoms with Gasteiger partial charge in [0.05, 0.1) is 0 Å². The fourth-order valence-corrected chi connectivity index (χ4v) is 2.36. The summed E-state index contributed by atoms with van der Waals surface area (Å²) in [5.74, 6) is -0.695. The molecule has 2 N–H and O–H groups in total. The summed E-state index contributed by atoms with van der Waals surface area (Å²) >= 11 is 0. The van der Waals surface area contributed by atoms with Crippen LogP contribution in [-0.4, -0.2) is 11.9 Å². The van der Waals surface area contributed by atoms with Crippen molar-refractivity contribution in [3.8, 4) is 6.07 Å². The van der Waals surface area contributed by atoms with Crippen molar-refractivity contribution in [2.45, 2.75) is 38.1 Å². The molecule has 0 aliphatic heterocycles. The monoisotopic (exact) mass is 287 g/mol. The van der Waals surface area contributed by atoms with Crippen LogP contribution in [-0.2, 0) is 4.79 Å². The molecule has 1 aliphatic carbocycles. The second-order valence-corrected chi connectivity index (χ2v) is 5.13. The van der Waals surface area contributed by atoms with Gasteiger partial charge in [-0.15, -0.1) is 0 Å². The van der Waals surface area contributed by atoms with E-state index >= 15 is 0 Å². The lowest BCUT2D eigenvalue weighted by atomic mass is 9.95. The second-order valence-electron chi connectivity index (χ2n) is 5.13. The quantitative estimate of drug-likeness (QED) is 0.660. The van der Waals surface area contributed by atoms with Crippen LogP contribution in [0.3, 0.4) is 0 Å². The standard InChI is InChI=1S/C16H18FN3O/c17-13-6-8-14(9-7-13)19-11-12(10-18)16(21)20-15-4-2-1-3-5-15/h6-9,11,15,19H,1-5H2,(H,20,21)/b12-11-. The Kier molecular flexibility index (Phi) is 5.33. The van der Waals surface area contributed by atoms with Crippen LogP contribution in [0.1, 0.15) is 32.1 Å². The van der Waals surface area contributed by atoms with E-state index in [2.05, 4.69) is 10.6 Å². The Hall–Kier alpha value is -2.35. The maximum absolute atomic E-state index is 12.8. The largest absolute Gasteiger partial charge is 0.360 e. The number of nitrogens with one attached hydrogen (secondary N) is 2. The Morgan fingerprint density at radius 3 is 2.52 bits per heavy atom. The van der Waals surface area contributed by atoms with Gasteiger partial charge >= 0.3 is 0 Å². The first-order chi connectivity index (χ1) is 10.2. The number of rotatable bonds is 4. The maximum Gasteiger partial charge on any atom is 0.263 e. The van der Waals surface area contributed by atoms with Crippen molar-refractivity contribution in [2.24, 2.45) is 0 Å². The van der Waals surface area contributed by atoms with Gasteiger partial charge < -0.3 is 10.6 Å². The molecule has 1 aromatic rings. The summed E-state index contributed by atoms with van der Waals surface area (Å²) in [6, 6.07) is 7.75. The Labute approximate surface area is 123 Å². The average Bonchev–Trinajstić information content (AvgIpc) is 2.51. The molecule has 1 saturated carbocycles. The zero-order valence-corrected chi connectivity index (χ0v) is 11.7. The number of carbonyl (C=O) groups is 1. The molecule has 0 radical (unpaired) electrons. The van der Waals surface area contributed by atoms with Crippen LogP contribution in [0.15, 0.2) is 36.0 Å². The summed E-state index contributed by atoms with van der Waals surface area (Å²) < 4.78 is 12.8. The Bertz CT molecular complexity index is 554. The molecule has 0 bridgehead atoms. The SMILES string of the molecule is N#C/C(=C/Nc1ccc(F)cc1)C(=O)NC1CCCCC1. The second kappa shape index (κ2) is 7.44. The normalized spacial score (nSPS) is 16.1. The van der Waals surface area contributed by atoms with Crippen LogP contribution in [0.4, 0.5) is 10.1 Å². The van der Waals surface area contributed by atoms with E-state index in [1.54, 1.807) is 12.1 Å². The average molecular weight is 287 g/mol. The van der Waals surface area contributed by atoms with Gasteiger partial charge in [-0.3, -0.25) is 4.79 Å². The van der Waals surface area contributed by atoms with Crippen LogP contribution in [0, 0.1) is 17.1 Å². The first-order valence-corrected chi connectivity index (χ1v) is 7.12. The summed E-state index contributed by atoms with van der Waals surface area (Å²) in [5.41, 5.74) is 0.638. The third kappa shape index (κ3) is 4.60. The topological polar surface area (TPSA) is 64.9 Å². The third-order valence-corrected chi connectivity index (χ3v) is 3.53. The molecule has 2 rings (SSSR count). The molecule has 0 saturated heterocycles. The van der Waals surface area contributed by atoms with Crippen molar-refractivity contribution < 1.29 is 9.18 Å². The summed E-state index contributed by atoms with van der Waals surface area (Å²) in [5, 5.41) is 14.8. The molecule has 0 heterocycles. The van der Waals surface area contributed by atoms with E-state index in [0.717, 1.165) is 25.7 Å². The first-order valence-electron chi connectivity index (χ1n) is 7.12. The van der Waals surface area contributed by atoms with Gasteiger partial charge in [-0.25, -0.2) is 4.39 Å². The molecule has 1 aromatic carbocycles. The maximum atomic E-state index is 12.8. The van der Waals surface area contributed by atoms with Gasteiger partial charge in [0.15, 0.2) is 0 Å². The highest BCUT2D eigenvalue weighted by molar-refractivity contribution is 5.97. The van der Waals surface area contributed by atoms with Crippen LogP contribution in [0.25, 0.3) is 0 Å². The predicted molar refractivity (Wildman–Crippen MR) is 78.7 cm³/mol. The van der Waals surface area contributed by atoms with Crippen molar-refractivity contribution >= 4 is 11.6 Å². The van der Waals surface area contributed by atoms with Gasteiger partial charge in [0.25, 0.3) is 5.91 Å². The van der Waals surface area contributed by atoms with Gasteiger partial charge in [-0.2, -0.15) is 5.26 Å². The van der Waals surface area contributed by atoms with E-state index in [-0.39, 0.29) is 23.3 Å². The van der Waals surface area contributed by atoms with E-state index < -0.39 is 0 Å². The molecule has 4 nitrogen and oxygen atoms in total. The van der Waals surface area contributed by atoms with Crippen molar-refractivity contribution in [1.29, 1.82) is 5.26 Å². The van der Waals surface area contributed by atoms with Crippen molar-refractivity contribution in [2.75, 3.05) is 5.32 Å². The van der Waals surface area contributed by atoms with Gasteiger partial charge in [0.2, 0.25) is 0 Å². The molecule has 21 heavy (non-hydrogen) atoms. The molecule has 1 fully saturated rings. The number of carbonyl (C=O) groups excluding carboxylic acids is 1. The number of hydrogen-bond donors (Lipinski definition) is 2. The number of hydrogen-bond acceptors (Lipinski definition) is 3. The number of nitrogens with zero attached hydrogens (tertiary/aromatic N) is 1. The Balaban J connectivity index is 1.94. The van der Waals surface area contributed by atoms with Gasteiger partial charge in [-0.05, 0) is 37.1 Å². The Morgan fingerprint density at radius 2 is 1.90 bits per heavy atom. The van der Waals surface area contributed by atoms with Crippen LogP contribution >= 0.6 is 0 Å². The highest BCUT2D eigenvalue weighted by Crippen LogP contribution is 2.17. The summed E-state index contributed by atoms with van der Waals surface area (Å²) in [4.78, 5) is 12.0. The minimum absolute atomic E-state index is 0.0184. The highest BCUT2D eigenvalue weighted by atomic mass is 19.1. The van der Waals surface area contributed by atoms with Crippen molar-refractivity contribution in [3.63, 3.8) is 0 Å². The summed E-state index contributed by atoms with van der Waals surface area (Å²) in [6.07, 6.45) is 6.73. The van der Waals surface area contributed by atoms with Gasteiger partial charge in [0, 0.05) is 17.9 Å². The first kappa shape index (κ1) is 15.0. The van der Waals surface area contributed by atoms with Gasteiger partial charge in [-0.1, -0.05) is 19.3 Å². The molecule has 0 spiro atoms. The van der Waals surface area contributed by atoms with E-state index in [9.17, 15) is 9.18 Å². The number of amides is 1. The smallest absolute Gasteiger partial charge is 0.263 e. The molecule has 5 heteroatoms. The van der Waals surface area contributed by atoms with Crippen molar-refractivity contribution in [3.05, 3.63) is 41.9 Å². The third-order valence-electron chi connectivity index (χ3n) is 3.53. The predicted octanol–water partition coefficient (Wildman–Crippen LogP) is 3.09. The van der Waals surface area contributed by atoms with Crippen LogP contribution in [0.5, 0.6) is 0 Å². The minimum atomic E-state index is -0.362. The number of anilines is 1. The summed E-state index contributed by atoms with van der Waals surface area (Å²) in [7, 11) is 0. The lowest BCUT2D eigenvalue weighted by Crippen LogP contribution is -2.37. The van der Waals surface area contributed by atoms with E-state index in [4.69, 9.17) is 5.26 Å². The van der Waals surface area contributed by atoms with Crippen LogP contribution in [0.2, 0.25) is 0 Å². The molecule has 1 aliphatic rings. The van der Waals surface area contributed by atoms with E-state index in [1.807, 2.05) is 6.07 Å². The van der Waals surface area contributed by atoms with Gasteiger partial charge in [0.1, 0.15) is 17.5 Å². The minimum Gasteiger partial charge on any atom is -0.360 e. The molecule has 110 valence electrons.